The molecule has 6 nitrogen and oxygen atoms in total. The fourth-order valence-corrected chi connectivity index (χ4v) is 2.80. The summed E-state index contributed by atoms with van der Waals surface area (Å²) in [5, 5.41) is 2.90. The summed E-state index contributed by atoms with van der Waals surface area (Å²) < 4.78 is 0. The molecule has 1 aromatic carbocycles. The lowest BCUT2D eigenvalue weighted by atomic mass is 10.2. The molecule has 0 unspecified atom stereocenters. The number of piperazine rings is 1. The number of nitrogens with zero attached hydrogens (tertiary/aromatic N) is 4. The molecule has 2 heterocycles. The molecule has 3 rings (SSSR count). The van der Waals surface area contributed by atoms with Crippen molar-refractivity contribution in [2.45, 2.75) is 0 Å². The average Bonchev–Trinajstić information content (AvgIpc) is 2.63. The molecule has 6 heteroatoms. The number of anilines is 3. The number of pyridine rings is 1. The number of hydrogen-bond acceptors (Lipinski definition) is 5. The quantitative estimate of drug-likeness (QED) is 0.925. The van der Waals surface area contributed by atoms with Gasteiger partial charge in [-0.15, -0.1) is 0 Å². The van der Waals surface area contributed by atoms with Crippen LogP contribution in [0, 0.1) is 0 Å². The number of carbonyl (C=O) groups is 1. The van der Waals surface area contributed by atoms with Gasteiger partial charge in [0.25, 0.3) is 5.91 Å². The molecule has 0 bridgehead atoms. The van der Waals surface area contributed by atoms with E-state index in [1.54, 1.807) is 6.20 Å². The number of carbonyl (C=O) groups excluding carboxylic acids is 1. The van der Waals surface area contributed by atoms with Crippen molar-refractivity contribution in [3.63, 3.8) is 0 Å². The highest BCUT2D eigenvalue weighted by Crippen LogP contribution is 2.17. The lowest BCUT2D eigenvalue weighted by Gasteiger charge is -2.33. The molecule has 1 aliphatic heterocycles. The monoisotopic (exact) mass is 339 g/mol. The highest BCUT2D eigenvalue weighted by atomic mass is 16.1. The lowest BCUT2D eigenvalue weighted by molar-refractivity contribution is 0.102. The minimum atomic E-state index is -0.126. The maximum Gasteiger partial charge on any atom is 0.255 e. The van der Waals surface area contributed by atoms with Crippen LogP contribution < -0.4 is 15.1 Å². The zero-order valence-corrected chi connectivity index (χ0v) is 15.1. The second kappa shape index (κ2) is 7.53. The smallest absolute Gasteiger partial charge is 0.255 e. The molecule has 0 radical (unpaired) electrons. The molecule has 25 heavy (non-hydrogen) atoms. The van der Waals surface area contributed by atoms with E-state index in [1.165, 1.54) is 0 Å². The zero-order chi connectivity index (χ0) is 17.8. The highest BCUT2D eigenvalue weighted by molar-refractivity contribution is 6.04. The average molecular weight is 339 g/mol. The fourth-order valence-electron chi connectivity index (χ4n) is 2.80. The van der Waals surface area contributed by atoms with E-state index in [9.17, 15) is 4.79 Å². The first-order chi connectivity index (χ1) is 12.0. The molecule has 0 aliphatic carbocycles. The van der Waals surface area contributed by atoms with Gasteiger partial charge in [0, 0.05) is 51.5 Å². The van der Waals surface area contributed by atoms with Crippen molar-refractivity contribution in [1.82, 2.24) is 9.88 Å². The Hall–Kier alpha value is -2.60. The number of rotatable bonds is 4. The molecular weight excluding hydrogens is 314 g/mol. The van der Waals surface area contributed by atoms with E-state index in [0.29, 0.717) is 11.3 Å². The van der Waals surface area contributed by atoms with E-state index in [4.69, 9.17) is 0 Å². The van der Waals surface area contributed by atoms with E-state index in [2.05, 4.69) is 27.1 Å². The van der Waals surface area contributed by atoms with Gasteiger partial charge in [0.15, 0.2) is 0 Å². The summed E-state index contributed by atoms with van der Waals surface area (Å²) in [6.07, 6.45) is 1.72. The Morgan fingerprint density at radius 2 is 1.72 bits per heavy atom. The van der Waals surface area contributed by atoms with Gasteiger partial charge >= 0.3 is 0 Å². The van der Waals surface area contributed by atoms with Gasteiger partial charge in [-0.3, -0.25) is 4.79 Å². The predicted molar refractivity (Wildman–Crippen MR) is 103 cm³/mol. The summed E-state index contributed by atoms with van der Waals surface area (Å²) in [5.74, 6) is 0.834. The molecule has 0 saturated carbocycles. The number of nitrogens with one attached hydrogen (secondary N) is 1. The Kier molecular flexibility index (Phi) is 5.19. The van der Waals surface area contributed by atoms with E-state index in [1.807, 2.05) is 55.4 Å². The number of hydrogen-bond donors (Lipinski definition) is 1. The SMILES string of the molecule is CN1CCN(c2ccc(NC(=O)c3ccc(N(C)C)cc3)cn2)CC1. The minimum absolute atomic E-state index is 0.126. The van der Waals surface area contributed by atoms with Crippen LogP contribution in [0.2, 0.25) is 0 Å². The van der Waals surface area contributed by atoms with Crippen LogP contribution in [0.15, 0.2) is 42.6 Å². The molecule has 132 valence electrons. The third-order valence-electron chi connectivity index (χ3n) is 4.48. The summed E-state index contributed by atoms with van der Waals surface area (Å²) in [6, 6.07) is 11.4. The highest BCUT2D eigenvalue weighted by Gasteiger charge is 2.15. The molecule has 1 fully saturated rings. The standard InChI is InChI=1S/C19H25N5O/c1-22(2)17-7-4-15(5-8-17)19(25)21-16-6-9-18(20-14-16)24-12-10-23(3)11-13-24/h4-9,14H,10-13H2,1-3H3,(H,21,25). The predicted octanol–water partition coefficient (Wildman–Crippen LogP) is 2.15. The first kappa shape index (κ1) is 17.2. The number of likely N-dealkylation sites (N-methyl/N-ethyl adjacent to an activating group) is 1. The number of amides is 1. The lowest BCUT2D eigenvalue weighted by Crippen LogP contribution is -2.44. The third kappa shape index (κ3) is 4.28. The van der Waals surface area contributed by atoms with Crippen LogP contribution in [0.5, 0.6) is 0 Å². The maximum atomic E-state index is 12.3. The molecule has 2 aromatic rings. The van der Waals surface area contributed by atoms with Crippen LogP contribution in [0.3, 0.4) is 0 Å². The fraction of sp³-hybridized carbons (Fsp3) is 0.368. The van der Waals surface area contributed by atoms with Crippen molar-refractivity contribution in [3.8, 4) is 0 Å². The van der Waals surface area contributed by atoms with Crippen LogP contribution in [-0.4, -0.2) is 63.1 Å². The Balaban J connectivity index is 1.61. The summed E-state index contributed by atoms with van der Waals surface area (Å²) in [6.45, 7) is 4.05. The summed E-state index contributed by atoms with van der Waals surface area (Å²) in [5.41, 5.74) is 2.41. The molecule has 1 saturated heterocycles. The second-order valence-corrected chi connectivity index (χ2v) is 6.59. The molecule has 0 atom stereocenters. The van der Waals surface area contributed by atoms with E-state index < -0.39 is 0 Å². The van der Waals surface area contributed by atoms with Gasteiger partial charge in [-0.2, -0.15) is 0 Å². The minimum Gasteiger partial charge on any atom is -0.378 e. The van der Waals surface area contributed by atoms with Crippen LogP contribution in [0.25, 0.3) is 0 Å². The first-order valence-corrected chi connectivity index (χ1v) is 8.51. The van der Waals surface area contributed by atoms with E-state index >= 15 is 0 Å². The van der Waals surface area contributed by atoms with Gasteiger partial charge in [0.1, 0.15) is 5.82 Å². The van der Waals surface area contributed by atoms with Gasteiger partial charge in [-0.05, 0) is 43.4 Å². The van der Waals surface area contributed by atoms with Crippen molar-refractivity contribution in [3.05, 3.63) is 48.2 Å². The topological polar surface area (TPSA) is 51.7 Å². The normalized spacial score (nSPS) is 15.1. The van der Waals surface area contributed by atoms with Crippen LogP contribution in [0.4, 0.5) is 17.2 Å². The first-order valence-electron chi connectivity index (χ1n) is 8.51. The van der Waals surface area contributed by atoms with Crippen LogP contribution >= 0.6 is 0 Å². The maximum absolute atomic E-state index is 12.3. The molecule has 1 N–H and O–H groups in total. The second-order valence-electron chi connectivity index (χ2n) is 6.59. The Morgan fingerprint density at radius 1 is 1.04 bits per heavy atom. The Morgan fingerprint density at radius 3 is 2.28 bits per heavy atom. The molecule has 1 aliphatic rings. The van der Waals surface area contributed by atoms with Crippen LogP contribution in [0.1, 0.15) is 10.4 Å². The third-order valence-corrected chi connectivity index (χ3v) is 4.48. The van der Waals surface area contributed by atoms with Crippen molar-refractivity contribution < 1.29 is 4.79 Å². The van der Waals surface area contributed by atoms with E-state index in [-0.39, 0.29) is 5.91 Å². The molecule has 1 amide bonds. The van der Waals surface area contributed by atoms with Gasteiger partial charge in [-0.1, -0.05) is 0 Å². The van der Waals surface area contributed by atoms with Gasteiger partial charge < -0.3 is 20.0 Å². The van der Waals surface area contributed by atoms with Crippen molar-refractivity contribution in [2.75, 3.05) is 62.4 Å². The molecule has 1 aromatic heterocycles. The van der Waals surface area contributed by atoms with E-state index in [0.717, 1.165) is 37.7 Å². The van der Waals surface area contributed by atoms with Gasteiger partial charge in [0.05, 0.1) is 11.9 Å². The summed E-state index contributed by atoms with van der Waals surface area (Å²) in [7, 11) is 6.08. The van der Waals surface area contributed by atoms with Crippen molar-refractivity contribution in [1.29, 1.82) is 0 Å². The van der Waals surface area contributed by atoms with Gasteiger partial charge in [-0.25, -0.2) is 4.98 Å². The van der Waals surface area contributed by atoms with Crippen molar-refractivity contribution >= 4 is 23.1 Å². The Labute approximate surface area is 149 Å². The number of benzene rings is 1. The zero-order valence-electron chi connectivity index (χ0n) is 15.1. The summed E-state index contributed by atoms with van der Waals surface area (Å²) in [4.78, 5) is 23.4. The van der Waals surface area contributed by atoms with Crippen molar-refractivity contribution in [2.24, 2.45) is 0 Å². The number of aromatic nitrogens is 1. The molecular formula is C19H25N5O. The Bertz CT molecular complexity index is 704. The largest absolute Gasteiger partial charge is 0.378 e. The van der Waals surface area contributed by atoms with Gasteiger partial charge in [0.2, 0.25) is 0 Å². The summed E-state index contributed by atoms with van der Waals surface area (Å²) >= 11 is 0. The molecule has 0 spiro atoms. The van der Waals surface area contributed by atoms with Crippen LogP contribution in [-0.2, 0) is 0 Å².